The predicted octanol–water partition coefficient (Wildman–Crippen LogP) is 2.41. The summed E-state index contributed by atoms with van der Waals surface area (Å²) in [6.45, 7) is 0.0957. The Labute approximate surface area is 162 Å². The van der Waals surface area contributed by atoms with Crippen LogP contribution in [0, 0.1) is 0 Å². The molecule has 2 rings (SSSR count). The van der Waals surface area contributed by atoms with E-state index in [4.69, 9.17) is 25.8 Å². The largest absolute Gasteiger partial charge is 0.493 e. The maximum absolute atomic E-state index is 12.3. The highest BCUT2D eigenvalue weighted by Crippen LogP contribution is 2.38. The Balaban J connectivity index is 1.97. The van der Waals surface area contributed by atoms with Crippen LogP contribution in [0.1, 0.15) is 15.9 Å². The topological polar surface area (TPSA) is 85.9 Å². The van der Waals surface area contributed by atoms with Gasteiger partial charge in [0.2, 0.25) is 11.7 Å². The lowest BCUT2D eigenvalue weighted by Gasteiger charge is -2.14. The van der Waals surface area contributed by atoms with E-state index in [0.717, 1.165) is 5.56 Å². The lowest BCUT2D eigenvalue weighted by Crippen LogP contribution is -2.36. The van der Waals surface area contributed by atoms with E-state index in [2.05, 4.69) is 10.6 Å². The van der Waals surface area contributed by atoms with Crippen molar-refractivity contribution < 1.29 is 23.8 Å². The molecule has 2 amide bonds. The minimum absolute atomic E-state index is 0.181. The quantitative estimate of drug-likeness (QED) is 0.720. The molecule has 0 fully saturated rings. The second kappa shape index (κ2) is 9.68. The van der Waals surface area contributed by atoms with Crippen molar-refractivity contribution in [3.05, 3.63) is 52.5 Å². The fourth-order valence-electron chi connectivity index (χ4n) is 2.37. The Morgan fingerprint density at radius 1 is 0.963 bits per heavy atom. The molecule has 0 aliphatic rings. The maximum Gasteiger partial charge on any atom is 0.251 e. The van der Waals surface area contributed by atoms with Crippen LogP contribution in [0.4, 0.5) is 0 Å². The minimum atomic E-state index is -0.442. The number of amides is 2. The zero-order chi connectivity index (χ0) is 19.8. The van der Waals surface area contributed by atoms with Crippen molar-refractivity contribution in [3.8, 4) is 17.2 Å². The van der Waals surface area contributed by atoms with Gasteiger partial charge < -0.3 is 24.8 Å². The summed E-state index contributed by atoms with van der Waals surface area (Å²) < 4.78 is 15.7. The van der Waals surface area contributed by atoms with Gasteiger partial charge in [0, 0.05) is 17.1 Å². The lowest BCUT2D eigenvalue weighted by molar-refractivity contribution is -0.120. The molecule has 27 heavy (non-hydrogen) atoms. The van der Waals surface area contributed by atoms with Crippen LogP contribution < -0.4 is 24.8 Å². The molecule has 8 heteroatoms. The summed E-state index contributed by atoms with van der Waals surface area (Å²) in [6, 6.07) is 10.2. The van der Waals surface area contributed by atoms with E-state index in [1.165, 1.54) is 33.5 Å². The van der Waals surface area contributed by atoms with Gasteiger partial charge >= 0.3 is 0 Å². The minimum Gasteiger partial charge on any atom is -0.493 e. The number of nitrogens with one attached hydrogen (secondary N) is 2. The Kier molecular flexibility index (Phi) is 7.31. The van der Waals surface area contributed by atoms with Gasteiger partial charge in [-0.1, -0.05) is 29.8 Å². The van der Waals surface area contributed by atoms with Gasteiger partial charge in [-0.15, -0.1) is 0 Å². The van der Waals surface area contributed by atoms with E-state index in [1.54, 1.807) is 6.07 Å². The molecule has 0 unspecified atom stereocenters. The van der Waals surface area contributed by atoms with E-state index in [0.29, 0.717) is 22.3 Å². The van der Waals surface area contributed by atoms with Crippen LogP contribution in [0.25, 0.3) is 0 Å². The molecule has 0 aromatic heterocycles. The smallest absolute Gasteiger partial charge is 0.251 e. The molecule has 0 saturated carbocycles. The number of rotatable bonds is 8. The average Bonchev–Trinajstić information content (AvgIpc) is 2.70. The fourth-order valence-corrected chi connectivity index (χ4v) is 2.58. The van der Waals surface area contributed by atoms with E-state index in [-0.39, 0.29) is 24.6 Å². The first-order valence-electron chi connectivity index (χ1n) is 8.08. The van der Waals surface area contributed by atoms with Crippen molar-refractivity contribution in [2.75, 3.05) is 27.9 Å². The third-order valence-corrected chi connectivity index (χ3v) is 4.14. The molecule has 0 saturated heterocycles. The Morgan fingerprint density at radius 3 is 2.15 bits per heavy atom. The highest BCUT2D eigenvalue weighted by atomic mass is 35.5. The van der Waals surface area contributed by atoms with Gasteiger partial charge in [-0.25, -0.2) is 0 Å². The lowest BCUT2D eigenvalue weighted by atomic mass is 10.1. The second-order valence-corrected chi connectivity index (χ2v) is 5.87. The monoisotopic (exact) mass is 392 g/mol. The molecule has 0 atom stereocenters. The molecule has 0 heterocycles. The molecule has 0 radical (unpaired) electrons. The zero-order valence-electron chi connectivity index (χ0n) is 15.3. The van der Waals surface area contributed by atoms with Crippen LogP contribution in [-0.2, 0) is 11.3 Å². The number of hydrogen-bond donors (Lipinski definition) is 2. The number of methoxy groups -OCH3 is 3. The summed E-state index contributed by atoms with van der Waals surface area (Å²) in [5.41, 5.74) is 1.08. The van der Waals surface area contributed by atoms with Gasteiger partial charge in [0.25, 0.3) is 5.91 Å². The summed E-state index contributed by atoms with van der Waals surface area (Å²) in [4.78, 5) is 24.3. The summed E-state index contributed by atoms with van der Waals surface area (Å²) in [5, 5.41) is 5.83. The summed E-state index contributed by atoms with van der Waals surface area (Å²) >= 11 is 6.04. The Morgan fingerprint density at radius 2 is 1.59 bits per heavy atom. The van der Waals surface area contributed by atoms with Crippen molar-refractivity contribution in [1.82, 2.24) is 10.6 Å². The fraction of sp³-hybridized carbons (Fsp3) is 0.263. The van der Waals surface area contributed by atoms with Crippen molar-refractivity contribution in [2.45, 2.75) is 6.54 Å². The molecular formula is C19H21ClN2O5. The summed E-state index contributed by atoms with van der Waals surface area (Å²) in [6.07, 6.45) is 0. The normalized spacial score (nSPS) is 10.1. The van der Waals surface area contributed by atoms with Crippen molar-refractivity contribution in [1.29, 1.82) is 0 Å². The van der Waals surface area contributed by atoms with E-state index in [9.17, 15) is 9.59 Å². The van der Waals surface area contributed by atoms with E-state index < -0.39 is 5.91 Å². The van der Waals surface area contributed by atoms with Gasteiger partial charge in [0.1, 0.15) is 0 Å². The molecule has 2 aromatic rings. The maximum atomic E-state index is 12.3. The highest BCUT2D eigenvalue weighted by molar-refractivity contribution is 6.31. The number of benzene rings is 2. The first-order chi connectivity index (χ1) is 13.0. The number of halogens is 1. The SMILES string of the molecule is COc1cc(C(=O)NCC(=O)NCc2ccccc2Cl)cc(OC)c1OC. The number of hydrogen-bond acceptors (Lipinski definition) is 5. The molecule has 0 aliphatic heterocycles. The average molecular weight is 393 g/mol. The van der Waals surface area contributed by atoms with Gasteiger partial charge in [-0.3, -0.25) is 9.59 Å². The second-order valence-electron chi connectivity index (χ2n) is 5.46. The van der Waals surface area contributed by atoms with Crippen LogP contribution in [-0.4, -0.2) is 39.7 Å². The molecule has 144 valence electrons. The summed E-state index contributed by atoms with van der Waals surface area (Å²) in [5.74, 6) is 0.308. The Bertz CT molecular complexity index is 800. The number of ether oxygens (including phenoxy) is 3. The summed E-state index contributed by atoms with van der Waals surface area (Å²) in [7, 11) is 4.39. The standard InChI is InChI=1S/C19H21ClN2O5/c1-25-15-8-13(9-16(26-2)18(15)27-3)19(24)22-11-17(23)21-10-12-6-4-5-7-14(12)20/h4-9H,10-11H2,1-3H3,(H,21,23)(H,22,24). The molecule has 0 spiro atoms. The van der Waals surface area contributed by atoms with Crippen LogP contribution in [0.2, 0.25) is 5.02 Å². The number of carbonyl (C=O) groups is 2. The van der Waals surface area contributed by atoms with Gasteiger partial charge in [0.15, 0.2) is 11.5 Å². The molecular weight excluding hydrogens is 372 g/mol. The van der Waals surface area contributed by atoms with Crippen LogP contribution in [0.3, 0.4) is 0 Å². The molecule has 2 N–H and O–H groups in total. The van der Waals surface area contributed by atoms with Crippen LogP contribution in [0.5, 0.6) is 17.2 Å². The zero-order valence-corrected chi connectivity index (χ0v) is 16.1. The van der Waals surface area contributed by atoms with Crippen molar-refractivity contribution in [2.24, 2.45) is 0 Å². The van der Waals surface area contributed by atoms with E-state index >= 15 is 0 Å². The number of carbonyl (C=O) groups excluding carboxylic acids is 2. The molecule has 0 bridgehead atoms. The molecule has 0 aliphatic carbocycles. The van der Waals surface area contributed by atoms with Crippen LogP contribution >= 0.6 is 11.6 Å². The first-order valence-corrected chi connectivity index (χ1v) is 8.46. The van der Waals surface area contributed by atoms with Gasteiger partial charge in [0.05, 0.1) is 27.9 Å². The first kappa shape index (κ1) is 20.4. The third kappa shape index (κ3) is 5.27. The highest BCUT2D eigenvalue weighted by Gasteiger charge is 2.17. The molecule has 7 nitrogen and oxygen atoms in total. The van der Waals surface area contributed by atoms with Crippen molar-refractivity contribution >= 4 is 23.4 Å². The third-order valence-electron chi connectivity index (χ3n) is 3.77. The van der Waals surface area contributed by atoms with Gasteiger partial charge in [-0.05, 0) is 23.8 Å². The van der Waals surface area contributed by atoms with Crippen LogP contribution in [0.15, 0.2) is 36.4 Å². The van der Waals surface area contributed by atoms with Crippen molar-refractivity contribution in [3.63, 3.8) is 0 Å². The Hall–Kier alpha value is -2.93. The van der Waals surface area contributed by atoms with Gasteiger partial charge in [-0.2, -0.15) is 0 Å². The molecule has 2 aromatic carbocycles. The predicted molar refractivity (Wildman–Crippen MR) is 102 cm³/mol. The van der Waals surface area contributed by atoms with E-state index in [1.807, 2.05) is 18.2 Å².